The lowest BCUT2D eigenvalue weighted by Crippen LogP contribution is -2.56. The molecule has 2 heterocycles. The summed E-state index contributed by atoms with van der Waals surface area (Å²) in [5, 5.41) is 6.38. The average Bonchev–Trinajstić information content (AvgIpc) is 3.17. The van der Waals surface area contributed by atoms with Crippen molar-refractivity contribution in [2.45, 2.75) is 78.0 Å². The second-order valence-corrected chi connectivity index (χ2v) is 8.98. The van der Waals surface area contributed by atoms with Crippen LogP contribution in [0.2, 0.25) is 0 Å². The topological polar surface area (TPSA) is 93.0 Å². The summed E-state index contributed by atoms with van der Waals surface area (Å²) in [7, 11) is 1.85. The minimum absolute atomic E-state index is 0.0377. The van der Waals surface area contributed by atoms with Gasteiger partial charge >= 0.3 is 5.97 Å². The Morgan fingerprint density at radius 1 is 1.06 bits per heavy atom. The Morgan fingerprint density at radius 3 is 2.42 bits per heavy atom. The lowest BCUT2D eigenvalue weighted by molar-refractivity contribution is -0.156. The maximum atomic E-state index is 13.4. The van der Waals surface area contributed by atoms with E-state index in [9.17, 15) is 9.59 Å². The molecule has 0 saturated carbocycles. The van der Waals surface area contributed by atoms with E-state index < -0.39 is 6.10 Å². The van der Waals surface area contributed by atoms with Crippen LogP contribution in [0.4, 0.5) is 0 Å². The summed E-state index contributed by atoms with van der Waals surface area (Å²) in [6.07, 6.45) is 3.30. The number of benzene rings is 1. The van der Waals surface area contributed by atoms with Crippen LogP contribution in [0.25, 0.3) is 0 Å². The monoisotopic (exact) mass is 500 g/mol. The van der Waals surface area contributed by atoms with E-state index in [-0.39, 0.29) is 24.0 Å². The minimum atomic E-state index is -0.623. The maximum absolute atomic E-state index is 13.4. The van der Waals surface area contributed by atoms with Crippen molar-refractivity contribution >= 4 is 23.4 Å². The predicted molar refractivity (Wildman–Crippen MR) is 139 cm³/mol. The van der Waals surface area contributed by atoms with Crippen LogP contribution in [0.3, 0.4) is 0 Å². The first-order valence-corrected chi connectivity index (χ1v) is 13.1. The molecule has 9 heteroatoms. The van der Waals surface area contributed by atoms with Crippen molar-refractivity contribution in [3.63, 3.8) is 0 Å². The van der Waals surface area contributed by atoms with E-state index in [4.69, 9.17) is 19.2 Å². The molecular weight excluding hydrogens is 460 g/mol. The van der Waals surface area contributed by atoms with Gasteiger partial charge in [-0.15, -0.1) is 0 Å². The lowest BCUT2D eigenvalue weighted by atomic mass is 9.98. The molecule has 0 spiro atoms. The first kappa shape index (κ1) is 27.6. The molecule has 0 fully saturated rings. The van der Waals surface area contributed by atoms with Crippen LogP contribution in [0.1, 0.15) is 58.9 Å². The van der Waals surface area contributed by atoms with Gasteiger partial charge in [0.15, 0.2) is 12.1 Å². The number of hydrazone groups is 1. The van der Waals surface area contributed by atoms with Crippen molar-refractivity contribution in [2.24, 2.45) is 10.1 Å². The normalized spacial score (nSPS) is 20.1. The predicted octanol–water partition coefficient (Wildman–Crippen LogP) is 3.46. The number of ether oxygens (including phenoxy) is 3. The zero-order chi connectivity index (χ0) is 26.1. The van der Waals surface area contributed by atoms with Crippen LogP contribution in [0.5, 0.6) is 5.75 Å². The summed E-state index contributed by atoms with van der Waals surface area (Å²) in [6, 6.07) is 7.03. The third kappa shape index (κ3) is 6.63. The Balaban J connectivity index is 1.60. The molecule has 198 valence electrons. The molecule has 0 aromatic heterocycles. The van der Waals surface area contributed by atoms with Crippen molar-refractivity contribution in [3.05, 3.63) is 29.8 Å². The Labute approximate surface area is 214 Å². The van der Waals surface area contributed by atoms with Crippen molar-refractivity contribution in [1.29, 1.82) is 0 Å². The number of likely N-dealkylation sites (N-methyl/N-ethyl adjacent to an activating group) is 1. The fourth-order valence-corrected chi connectivity index (χ4v) is 4.62. The number of rotatable bonds is 14. The summed E-state index contributed by atoms with van der Waals surface area (Å²) in [4.78, 5) is 32.3. The van der Waals surface area contributed by atoms with E-state index in [0.717, 1.165) is 42.8 Å². The van der Waals surface area contributed by atoms with Crippen LogP contribution >= 0.6 is 0 Å². The third-order valence-corrected chi connectivity index (χ3v) is 6.27. The number of amidine groups is 1. The largest absolute Gasteiger partial charge is 0.492 e. The molecule has 1 aromatic carbocycles. The van der Waals surface area contributed by atoms with E-state index in [1.807, 2.05) is 38.2 Å². The quantitative estimate of drug-likeness (QED) is 0.363. The Kier molecular flexibility index (Phi) is 10.3. The van der Waals surface area contributed by atoms with E-state index in [1.165, 1.54) is 0 Å². The van der Waals surface area contributed by atoms with Crippen molar-refractivity contribution in [3.8, 4) is 5.75 Å². The van der Waals surface area contributed by atoms with E-state index in [2.05, 4.69) is 18.9 Å². The molecule has 0 N–H and O–H groups in total. The van der Waals surface area contributed by atoms with Crippen molar-refractivity contribution in [1.82, 2.24) is 9.91 Å². The fraction of sp³-hybridized carbons (Fsp3) is 0.630. The number of aliphatic imine (C=N–C) groups is 1. The van der Waals surface area contributed by atoms with Gasteiger partial charge in [-0.1, -0.05) is 32.4 Å². The number of carbonyl (C=O) groups is 2. The molecule has 0 radical (unpaired) electrons. The highest BCUT2D eigenvalue weighted by Gasteiger charge is 2.46. The van der Waals surface area contributed by atoms with Crippen LogP contribution in [0, 0.1) is 0 Å². The number of fused-ring (bicyclic) bond motifs is 1. The summed E-state index contributed by atoms with van der Waals surface area (Å²) in [5.74, 6) is 1.21. The van der Waals surface area contributed by atoms with Gasteiger partial charge in [0.25, 0.3) is 5.91 Å². The van der Waals surface area contributed by atoms with Gasteiger partial charge in [0.05, 0.1) is 18.9 Å². The lowest BCUT2D eigenvalue weighted by Gasteiger charge is -2.35. The van der Waals surface area contributed by atoms with E-state index >= 15 is 0 Å². The molecule has 1 amide bonds. The molecule has 2 unspecified atom stereocenters. The van der Waals surface area contributed by atoms with Gasteiger partial charge in [-0.05, 0) is 44.4 Å². The zero-order valence-electron chi connectivity index (χ0n) is 22.2. The van der Waals surface area contributed by atoms with Gasteiger partial charge in [0.1, 0.15) is 24.2 Å². The van der Waals surface area contributed by atoms with Crippen LogP contribution in [0.15, 0.2) is 34.4 Å². The van der Waals surface area contributed by atoms with Gasteiger partial charge in [-0.2, -0.15) is 5.10 Å². The summed E-state index contributed by atoms with van der Waals surface area (Å²) in [6.45, 7) is 9.38. The van der Waals surface area contributed by atoms with Crippen LogP contribution in [-0.4, -0.2) is 84.9 Å². The summed E-state index contributed by atoms with van der Waals surface area (Å²) < 4.78 is 16.6. The first-order chi connectivity index (χ1) is 17.4. The second-order valence-electron chi connectivity index (χ2n) is 8.98. The molecule has 3 rings (SSSR count). The van der Waals surface area contributed by atoms with Crippen molar-refractivity contribution < 1.29 is 23.8 Å². The number of carbonyl (C=O) groups excluding carboxylic acids is 2. The highest BCUT2D eigenvalue weighted by Crippen LogP contribution is 2.27. The summed E-state index contributed by atoms with van der Waals surface area (Å²) >= 11 is 0. The number of hydrogen-bond acceptors (Lipinski definition) is 8. The average molecular weight is 501 g/mol. The Morgan fingerprint density at radius 2 is 1.78 bits per heavy atom. The van der Waals surface area contributed by atoms with Gasteiger partial charge in [0, 0.05) is 26.5 Å². The fourth-order valence-electron chi connectivity index (χ4n) is 4.62. The maximum Gasteiger partial charge on any atom is 0.335 e. The third-order valence-electron chi connectivity index (χ3n) is 6.27. The number of amides is 1. The molecular formula is C27H40N4O5. The minimum Gasteiger partial charge on any atom is -0.492 e. The molecule has 0 aliphatic carbocycles. The molecule has 36 heavy (non-hydrogen) atoms. The van der Waals surface area contributed by atoms with Gasteiger partial charge in [0.2, 0.25) is 0 Å². The second kappa shape index (κ2) is 13.4. The highest BCUT2D eigenvalue weighted by molar-refractivity contribution is 6.09. The van der Waals surface area contributed by atoms with Crippen LogP contribution in [-0.2, 0) is 25.5 Å². The van der Waals surface area contributed by atoms with Crippen LogP contribution < -0.4 is 4.74 Å². The highest BCUT2D eigenvalue weighted by atomic mass is 16.6. The van der Waals surface area contributed by atoms with Gasteiger partial charge < -0.3 is 14.2 Å². The van der Waals surface area contributed by atoms with Crippen molar-refractivity contribution in [2.75, 3.05) is 33.4 Å². The first-order valence-electron chi connectivity index (χ1n) is 13.1. The van der Waals surface area contributed by atoms with Gasteiger partial charge in [-0.25, -0.2) is 4.79 Å². The molecule has 1 aromatic rings. The summed E-state index contributed by atoms with van der Waals surface area (Å²) in [5.41, 5.74) is 1.95. The smallest absolute Gasteiger partial charge is 0.335 e. The molecule has 0 saturated heterocycles. The van der Waals surface area contributed by atoms with E-state index in [0.29, 0.717) is 38.5 Å². The Hall–Kier alpha value is -2.94. The van der Waals surface area contributed by atoms with Gasteiger partial charge in [-0.3, -0.25) is 19.7 Å². The molecule has 2 aliphatic rings. The SMILES string of the molecule is CCCC1=NN(C)C2C(=O)N(CCOc3ccc(C[C@@H](OCC)C(=O)OCC)cc3)C(CCC)=NC12. The number of nitrogens with zero attached hydrogens (tertiary/aromatic N) is 4. The molecule has 9 nitrogen and oxygen atoms in total. The standard InChI is InChI=1S/C27H40N4O5/c1-6-10-21-24-25(30(5)29-21)26(32)31(23(28-24)11-7-2)16-17-36-20-14-12-19(13-15-20)18-22(34-8-3)27(33)35-9-4/h12-15,22,24-25H,6-11,16-18H2,1-5H3/t22-,24?,25?/m1/s1. The molecule has 3 atom stereocenters. The number of esters is 1. The Bertz CT molecular complexity index is 946. The number of hydrogen-bond donors (Lipinski definition) is 0. The zero-order valence-corrected chi connectivity index (χ0v) is 22.2. The molecule has 2 aliphatic heterocycles. The van der Waals surface area contributed by atoms with E-state index in [1.54, 1.807) is 16.8 Å². The molecule has 0 bridgehead atoms.